The molecular formula is C31H34ClFN4O4. The fourth-order valence-electron chi connectivity index (χ4n) is 5.16. The summed E-state index contributed by atoms with van der Waals surface area (Å²) < 4.78 is 20.3. The molecule has 0 spiro atoms. The van der Waals surface area contributed by atoms with Crippen molar-refractivity contribution in [2.75, 3.05) is 30.5 Å². The van der Waals surface area contributed by atoms with Crippen molar-refractivity contribution in [3.8, 4) is 11.1 Å². The van der Waals surface area contributed by atoms with E-state index in [0.717, 1.165) is 41.4 Å². The Balaban J connectivity index is 1.82. The molecule has 1 fully saturated rings. The van der Waals surface area contributed by atoms with Gasteiger partial charge in [-0.3, -0.25) is 14.4 Å². The maximum Gasteiger partial charge on any atom is 0.253 e. The van der Waals surface area contributed by atoms with Gasteiger partial charge in [-0.25, -0.2) is 4.39 Å². The molecule has 0 aliphatic carbocycles. The number of pyridine rings is 1. The van der Waals surface area contributed by atoms with Crippen LogP contribution < -0.4 is 21.1 Å². The van der Waals surface area contributed by atoms with Crippen LogP contribution in [0.2, 0.25) is 5.02 Å². The van der Waals surface area contributed by atoms with E-state index >= 15 is 0 Å². The number of aromatic nitrogens is 1. The topological polar surface area (TPSA) is 104 Å². The molecule has 8 nitrogen and oxygen atoms in total. The van der Waals surface area contributed by atoms with E-state index in [2.05, 4.69) is 27.1 Å². The summed E-state index contributed by atoms with van der Waals surface area (Å²) in [6.07, 6.45) is 2.73. The van der Waals surface area contributed by atoms with Crippen LogP contribution in [0.4, 0.5) is 15.8 Å². The van der Waals surface area contributed by atoms with E-state index in [1.165, 1.54) is 12.1 Å². The molecule has 3 N–H and O–H groups in total. The molecule has 3 aromatic rings. The van der Waals surface area contributed by atoms with Gasteiger partial charge < -0.3 is 25.3 Å². The second-order valence-corrected chi connectivity index (χ2v) is 10.7. The maximum atomic E-state index is 14.8. The summed E-state index contributed by atoms with van der Waals surface area (Å²) in [6.45, 7) is 10.3. The van der Waals surface area contributed by atoms with Crippen LogP contribution in [0.5, 0.6) is 0 Å². The number of aryl methyl sites for hydroxylation is 2. The minimum absolute atomic E-state index is 0.0330. The Morgan fingerprint density at radius 3 is 2.54 bits per heavy atom. The lowest BCUT2D eigenvalue weighted by molar-refractivity contribution is -0.111. The van der Waals surface area contributed by atoms with Crippen molar-refractivity contribution in [3.05, 3.63) is 92.1 Å². The molecule has 216 valence electrons. The first kappa shape index (κ1) is 30.0. The summed E-state index contributed by atoms with van der Waals surface area (Å²) in [7, 11) is 1.96. The van der Waals surface area contributed by atoms with Crippen LogP contribution in [-0.2, 0) is 16.1 Å². The Kier molecular flexibility index (Phi) is 9.30. The molecule has 41 heavy (non-hydrogen) atoms. The summed E-state index contributed by atoms with van der Waals surface area (Å²) in [5, 5.41) is 5.42. The van der Waals surface area contributed by atoms with Crippen LogP contribution in [0.1, 0.15) is 45.6 Å². The number of nitrogens with zero attached hydrogens (tertiary/aromatic N) is 1. The number of nitrogens with one attached hydrogen (secondary N) is 3. The Morgan fingerprint density at radius 2 is 1.88 bits per heavy atom. The zero-order chi connectivity index (χ0) is 29.8. The number of anilines is 2. The summed E-state index contributed by atoms with van der Waals surface area (Å²) >= 11 is 6.06. The normalized spacial score (nSPS) is 13.5. The molecule has 1 aliphatic heterocycles. The van der Waals surface area contributed by atoms with Gasteiger partial charge in [0, 0.05) is 60.9 Å². The van der Waals surface area contributed by atoms with Gasteiger partial charge in [0.25, 0.3) is 11.5 Å². The Bertz CT molecular complexity index is 1560. The van der Waals surface area contributed by atoms with E-state index < -0.39 is 17.6 Å². The van der Waals surface area contributed by atoms with E-state index in [1.807, 2.05) is 33.0 Å². The Labute approximate surface area is 243 Å². The van der Waals surface area contributed by atoms with Gasteiger partial charge in [0.2, 0.25) is 5.91 Å². The molecular weight excluding hydrogens is 547 g/mol. The number of H-pyrrole nitrogens is 1. The van der Waals surface area contributed by atoms with Gasteiger partial charge >= 0.3 is 0 Å². The molecule has 1 aromatic heterocycles. The van der Waals surface area contributed by atoms with Gasteiger partial charge in [0.15, 0.2) is 0 Å². The van der Waals surface area contributed by atoms with E-state index in [0.29, 0.717) is 35.5 Å². The maximum absolute atomic E-state index is 14.8. The minimum atomic E-state index is -0.668. The molecule has 0 saturated carbocycles. The summed E-state index contributed by atoms with van der Waals surface area (Å²) in [4.78, 5) is 43.3. The lowest BCUT2D eigenvalue weighted by Crippen LogP contribution is -2.37. The monoisotopic (exact) mass is 580 g/mol. The molecule has 2 aromatic carbocycles. The molecule has 1 saturated heterocycles. The standard InChI is InChI=1S/C31H34ClFN4O4/c1-6-29(38)36-27-15-25(32)26(33)14-23(27)20-12-22(19(4)28(13-20)37(5)21-7-9-41-10-8-21)30(39)34-16-24-17(2)11-18(3)35-31(24)40/h6,11-15,21H,1,7-10,16H2,2-5H3,(H,34,39)(H,35,40)(H,36,38). The van der Waals surface area contributed by atoms with Gasteiger partial charge in [-0.05, 0) is 86.7 Å². The number of hydrogen-bond donors (Lipinski definition) is 3. The van der Waals surface area contributed by atoms with Crippen molar-refractivity contribution in [2.45, 2.75) is 46.2 Å². The number of halogens is 2. The number of hydrogen-bond acceptors (Lipinski definition) is 5. The molecule has 0 bridgehead atoms. The van der Waals surface area contributed by atoms with Gasteiger partial charge in [-0.1, -0.05) is 18.2 Å². The van der Waals surface area contributed by atoms with Crippen LogP contribution in [0.15, 0.2) is 47.8 Å². The second kappa shape index (κ2) is 12.7. The van der Waals surface area contributed by atoms with Crippen LogP contribution in [0, 0.1) is 26.6 Å². The van der Waals surface area contributed by atoms with Crippen molar-refractivity contribution >= 4 is 34.8 Å². The first-order valence-corrected chi connectivity index (χ1v) is 13.7. The van der Waals surface area contributed by atoms with Crippen molar-refractivity contribution in [3.63, 3.8) is 0 Å². The van der Waals surface area contributed by atoms with Crippen LogP contribution in [-0.4, -0.2) is 43.1 Å². The Hall–Kier alpha value is -3.95. The van der Waals surface area contributed by atoms with E-state index in [9.17, 15) is 18.8 Å². The first-order valence-electron chi connectivity index (χ1n) is 13.4. The molecule has 0 atom stereocenters. The Morgan fingerprint density at radius 1 is 1.17 bits per heavy atom. The third kappa shape index (κ3) is 6.69. The largest absolute Gasteiger partial charge is 0.381 e. The zero-order valence-electron chi connectivity index (χ0n) is 23.6. The predicted molar refractivity (Wildman–Crippen MR) is 160 cm³/mol. The fraction of sp³-hybridized carbons (Fsp3) is 0.323. The molecule has 2 heterocycles. The van der Waals surface area contributed by atoms with Crippen LogP contribution >= 0.6 is 11.6 Å². The number of carbonyl (C=O) groups excluding carboxylic acids is 2. The number of carbonyl (C=O) groups is 2. The quantitative estimate of drug-likeness (QED) is 0.308. The lowest BCUT2D eigenvalue weighted by Gasteiger charge is -2.34. The number of rotatable bonds is 8. The highest BCUT2D eigenvalue weighted by Crippen LogP contribution is 2.38. The molecule has 0 radical (unpaired) electrons. The van der Waals surface area contributed by atoms with Gasteiger partial charge in [-0.2, -0.15) is 0 Å². The molecule has 1 aliphatic rings. The molecule has 0 unspecified atom stereocenters. The fourth-order valence-corrected chi connectivity index (χ4v) is 5.33. The van der Waals surface area contributed by atoms with Gasteiger partial charge in [0.1, 0.15) is 5.82 Å². The smallest absolute Gasteiger partial charge is 0.253 e. The number of aromatic amines is 1. The zero-order valence-corrected chi connectivity index (χ0v) is 24.4. The highest BCUT2D eigenvalue weighted by molar-refractivity contribution is 6.31. The van der Waals surface area contributed by atoms with Crippen molar-refractivity contribution in [2.24, 2.45) is 0 Å². The first-order chi connectivity index (χ1) is 19.5. The van der Waals surface area contributed by atoms with Gasteiger partial charge in [-0.15, -0.1) is 0 Å². The van der Waals surface area contributed by atoms with Crippen molar-refractivity contribution in [1.82, 2.24) is 10.3 Å². The second-order valence-electron chi connectivity index (χ2n) is 10.3. The van der Waals surface area contributed by atoms with E-state index in [1.54, 1.807) is 13.0 Å². The van der Waals surface area contributed by atoms with E-state index in [4.69, 9.17) is 16.3 Å². The van der Waals surface area contributed by atoms with Gasteiger partial charge in [0.05, 0.1) is 10.7 Å². The van der Waals surface area contributed by atoms with Crippen LogP contribution in [0.3, 0.4) is 0 Å². The summed E-state index contributed by atoms with van der Waals surface area (Å²) in [6, 6.07) is 8.13. The molecule has 2 amide bonds. The highest BCUT2D eigenvalue weighted by atomic mass is 35.5. The summed E-state index contributed by atoms with van der Waals surface area (Å²) in [5.41, 5.74) is 4.71. The summed E-state index contributed by atoms with van der Waals surface area (Å²) in [5.74, 6) is -1.55. The third-order valence-electron chi connectivity index (χ3n) is 7.48. The lowest BCUT2D eigenvalue weighted by atomic mass is 9.94. The minimum Gasteiger partial charge on any atom is -0.381 e. The van der Waals surface area contributed by atoms with Crippen molar-refractivity contribution < 1.29 is 18.7 Å². The predicted octanol–water partition coefficient (Wildman–Crippen LogP) is 5.43. The van der Waals surface area contributed by atoms with Crippen LogP contribution in [0.25, 0.3) is 11.1 Å². The number of ether oxygens (including phenoxy) is 1. The third-order valence-corrected chi connectivity index (χ3v) is 7.77. The molecule has 10 heteroatoms. The number of amides is 2. The SMILES string of the molecule is C=CC(=O)Nc1cc(Cl)c(F)cc1-c1cc(C(=O)NCc2c(C)cc(C)[nH]c2=O)c(C)c(N(C)C2CCOCC2)c1. The van der Waals surface area contributed by atoms with E-state index in [-0.39, 0.29) is 28.9 Å². The number of benzene rings is 2. The highest BCUT2D eigenvalue weighted by Gasteiger charge is 2.24. The van der Waals surface area contributed by atoms with Crippen molar-refractivity contribution in [1.29, 1.82) is 0 Å². The average molecular weight is 581 g/mol. The average Bonchev–Trinajstić information content (AvgIpc) is 2.94. The molecule has 4 rings (SSSR count).